The first-order valence-corrected chi connectivity index (χ1v) is 6.88. The topological polar surface area (TPSA) is 70.1 Å². The van der Waals surface area contributed by atoms with E-state index in [1.807, 2.05) is 6.92 Å². The number of likely N-dealkylation sites (N-methyl/N-ethyl adjacent to an activating group) is 1. The lowest BCUT2D eigenvalue weighted by Crippen LogP contribution is -2.47. The van der Waals surface area contributed by atoms with Crippen LogP contribution in [0.2, 0.25) is 0 Å². The summed E-state index contributed by atoms with van der Waals surface area (Å²) in [5, 5.41) is 8.55. The van der Waals surface area contributed by atoms with Crippen molar-refractivity contribution in [1.82, 2.24) is 9.80 Å². The second-order valence-corrected chi connectivity index (χ2v) is 5.30. The normalized spacial score (nSPS) is 16.0. The molecule has 0 aromatic carbocycles. The molecule has 1 saturated heterocycles. The number of carbonyl (C=O) groups is 2. The Morgan fingerprint density at radius 1 is 1.40 bits per heavy atom. The lowest BCUT2D eigenvalue weighted by Gasteiger charge is -2.34. The molecule has 6 heteroatoms. The molecule has 0 aromatic heterocycles. The van der Waals surface area contributed by atoms with Crippen molar-refractivity contribution in [3.8, 4) is 0 Å². The van der Waals surface area contributed by atoms with Gasteiger partial charge in [-0.1, -0.05) is 12.2 Å². The Morgan fingerprint density at radius 2 is 2.00 bits per heavy atom. The first-order chi connectivity index (χ1) is 9.40. The van der Waals surface area contributed by atoms with Crippen LogP contribution in [0.15, 0.2) is 12.2 Å². The molecule has 0 aliphatic carbocycles. The number of rotatable bonds is 6. The van der Waals surface area contributed by atoms with Gasteiger partial charge in [0.15, 0.2) is 0 Å². The van der Waals surface area contributed by atoms with Crippen LogP contribution in [0.1, 0.15) is 26.2 Å². The summed E-state index contributed by atoms with van der Waals surface area (Å²) in [6, 6.07) is 0.0111. The van der Waals surface area contributed by atoms with Crippen molar-refractivity contribution in [2.45, 2.75) is 32.3 Å². The first kappa shape index (κ1) is 16.5. The quantitative estimate of drug-likeness (QED) is 0.752. The molecule has 0 radical (unpaired) electrons. The van der Waals surface area contributed by atoms with Crippen LogP contribution >= 0.6 is 0 Å². The van der Waals surface area contributed by atoms with E-state index in [0.717, 1.165) is 18.4 Å². The summed E-state index contributed by atoms with van der Waals surface area (Å²) >= 11 is 0. The van der Waals surface area contributed by atoms with E-state index in [9.17, 15) is 9.59 Å². The van der Waals surface area contributed by atoms with Gasteiger partial charge in [0.25, 0.3) is 0 Å². The van der Waals surface area contributed by atoms with E-state index < -0.39 is 5.97 Å². The van der Waals surface area contributed by atoms with Gasteiger partial charge in [-0.3, -0.25) is 4.79 Å². The summed E-state index contributed by atoms with van der Waals surface area (Å²) in [5.74, 6) is -0.848. The van der Waals surface area contributed by atoms with Gasteiger partial charge >= 0.3 is 12.0 Å². The molecule has 114 valence electrons. The number of amides is 2. The number of carboxylic acid groups (broad SMARTS) is 1. The Labute approximate surface area is 120 Å². The summed E-state index contributed by atoms with van der Waals surface area (Å²) in [7, 11) is 1.77. The summed E-state index contributed by atoms with van der Waals surface area (Å²) in [6.07, 6.45) is 1.60. The highest BCUT2D eigenvalue weighted by molar-refractivity contribution is 5.74. The Balaban J connectivity index is 2.29. The SMILES string of the molecule is C=C(C)CN(C)C(=O)N1CCC(OCCC(=O)O)CC1. The summed E-state index contributed by atoms with van der Waals surface area (Å²) in [6.45, 7) is 7.80. The zero-order chi connectivity index (χ0) is 15.1. The molecule has 0 saturated carbocycles. The molecular formula is C14H24N2O4. The number of hydrogen-bond donors (Lipinski definition) is 1. The minimum absolute atomic E-state index is 0.0111. The van der Waals surface area contributed by atoms with Gasteiger partial charge in [-0.2, -0.15) is 0 Å². The van der Waals surface area contributed by atoms with Gasteiger partial charge < -0.3 is 19.6 Å². The Bertz CT molecular complexity index is 362. The second kappa shape index (κ2) is 7.89. The smallest absolute Gasteiger partial charge is 0.320 e. The molecule has 0 spiro atoms. The first-order valence-electron chi connectivity index (χ1n) is 6.88. The molecule has 1 fully saturated rings. The van der Waals surface area contributed by atoms with E-state index in [4.69, 9.17) is 9.84 Å². The fourth-order valence-electron chi connectivity index (χ4n) is 2.24. The molecule has 0 atom stereocenters. The van der Waals surface area contributed by atoms with Crippen LogP contribution < -0.4 is 0 Å². The van der Waals surface area contributed by atoms with Crippen LogP contribution in [-0.4, -0.2) is 66.3 Å². The Kier molecular flexibility index (Phi) is 6.51. The fraction of sp³-hybridized carbons (Fsp3) is 0.714. The van der Waals surface area contributed by atoms with Crippen LogP contribution in [0.4, 0.5) is 4.79 Å². The third kappa shape index (κ3) is 5.61. The van der Waals surface area contributed by atoms with Gasteiger partial charge in [0.1, 0.15) is 0 Å². The number of piperidine rings is 1. The van der Waals surface area contributed by atoms with E-state index in [-0.39, 0.29) is 25.2 Å². The maximum Gasteiger partial charge on any atom is 0.320 e. The van der Waals surface area contributed by atoms with Crippen molar-refractivity contribution in [2.24, 2.45) is 0 Å². The summed E-state index contributed by atoms with van der Waals surface area (Å²) in [5.41, 5.74) is 0.952. The van der Waals surface area contributed by atoms with Crippen LogP contribution in [0, 0.1) is 0 Å². The van der Waals surface area contributed by atoms with E-state index in [1.54, 1.807) is 16.8 Å². The lowest BCUT2D eigenvalue weighted by molar-refractivity contribution is -0.138. The van der Waals surface area contributed by atoms with Crippen molar-refractivity contribution < 1.29 is 19.4 Å². The lowest BCUT2D eigenvalue weighted by atomic mass is 10.1. The maximum atomic E-state index is 12.1. The number of nitrogens with zero attached hydrogens (tertiary/aromatic N) is 2. The molecule has 1 rings (SSSR count). The average molecular weight is 284 g/mol. The van der Waals surface area contributed by atoms with Gasteiger partial charge in [0, 0.05) is 26.7 Å². The molecule has 0 unspecified atom stereocenters. The standard InChI is InChI=1S/C14H24N2O4/c1-11(2)10-15(3)14(19)16-7-4-12(5-8-16)20-9-6-13(17)18/h12H,1,4-10H2,2-3H3,(H,17,18). The minimum Gasteiger partial charge on any atom is -0.481 e. The van der Waals surface area contributed by atoms with Crippen LogP contribution in [0.25, 0.3) is 0 Å². The van der Waals surface area contributed by atoms with Crippen LogP contribution in [0.5, 0.6) is 0 Å². The monoisotopic (exact) mass is 284 g/mol. The van der Waals surface area contributed by atoms with Gasteiger partial charge in [-0.05, 0) is 19.8 Å². The highest BCUT2D eigenvalue weighted by atomic mass is 16.5. The third-order valence-electron chi connectivity index (χ3n) is 3.22. The molecular weight excluding hydrogens is 260 g/mol. The number of aliphatic carboxylic acids is 1. The van der Waals surface area contributed by atoms with E-state index in [0.29, 0.717) is 19.6 Å². The number of ether oxygens (including phenoxy) is 1. The van der Waals surface area contributed by atoms with Crippen molar-refractivity contribution in [3.05, 3.63) is 12.2 Å². The highest BCUT2D eigenvalue weighted by Gasteiger charge is 2.25. The molecule has 6 nitrogen and oxygen atoms in total. The van der Waals surface area contributed by atoms with Crippen molar-refractivity contribution >= 4 is 12.0 Å². The fourth-order valence-corrected chi connectivity index (χ4v) is 2.24. The molecule has 1 aliphatic rings. The number of carboxylic acids is 1. The predicted octanol–water partition coefficient (Wildman–Crippen LogP) is 1.57. The highest BCUT2D eigenvalue weighted by Crippen LogP contribution is 2.15. The van der Waals surface area contributed by atoms with Gasteiger partial charge in [-0.15, -0.1) is 0 Å². The molecule has 20 heavy (non-hydrogen) atoms. The second-order valence-electron chi connectivity index (χ2n) is 5.30. The van der Waals surface area contributed by atoms with Crippen molar-refractivity contribution in [2.75, 3.05) is 33.3 Å². The maximum absolute atomic E-state index is 12.1. The van der Waals surface area contributed by atoms with Gasteiger partial charge in [-0.25, -0.2) is 4.79 Å². The number of hydrogen-bond acceptors (Lipinski definition) is 3. The summed E-state index contributed by atoms with van der Waals surface area (Å²) in [4.78, 5) is 26.0. The van der Waals surface area contributed by atoms with E-state index in [2.05, 4.69) is 6.58 Å². The zero-order valence-electron chi connectivity index (χ0n) is 12.3. The minimum atomic E-state index is -0.848. The van der Waals surface area contributed by atoms with Crippen LogP contribution in [0.3, 0.4) is 0 Å². The molecule has 2 amide bonds. The number of urea groups is 1. The predicted molar refractivity (Wildman–Crippen MR) is 75.6 cm³/mol. The average Bonchev–Trinajstić information content (AvgIpc) is 2.37. The van der Waals surface area contributed by atoms with E-state index in [1.165, 1.54) is 0 Å². The van der Waals surface area contributed by atoms with Crippen LogP contribution in [-0.2, 0) is 9.53 Å². The Morgan fingerprint density at radius 3 is 2.50 bits per heavy atom. The summed E-state index contributed by atoms with van der Waals surface area (Å²) < 4.78 is 5.50. The van der Waals surface area contributed by atoms with Gasteiger partial charge in [0.2, 0.25) is 0 Å². The third-order valence-corrected chi connectivity index (χ3v) is 3.22. The Hall–Kier alpha value is -1.56. The number of likely N-dealkylation sites (tertiary alicyclic amines) is 1. The van der Waals surface area contributed by atoms with Crippen molar-refractivity contribution in [3.63, 3.8) is 0 Å². The largest absolute Gasteiger partial charge is 0.481 e. The van der Waals surface area contributed by atoms with Gasteiger partial charge in [0.05, 0.1) is 19.1 Å². The molecule has 1 heterocycles. The molecule has 1 aliphatic heterocycles. The molecule has 0 bridgehead atoms. The van der Waals surface area contributed by atoms with Crippen molar-refractivity contribution in [1.29, 1.82) is 0 Å². The van der Waals surface area contributed by atoms with E-state index >= 15 is 0 Å². The zero-order valence-corrected chi connectivity index (χ0v) is 12.3. The number of carbonyl (C=O) groups excluding carboxylic acids is 1. The molecule has 1 N–H and O–H groups in total. The molecule has 0 aromatic rings.